The predicted octanol–water partition coefficient (Wildman–Crippen LogP) is 2.91. The Morgan fingerprint density at radius 3 is 2.29 bits per heavy atom. The van der Waals surface area contributed by atoms with Crippen LogP contribution in [0.5, 0.6) is 0 Å². The van der Waals surface area contributed by atoms with Gasteiger partial charge in [0.1, 0.15) is 0 Å². The van der Waals surface area contributed by atoms with Gasteiger partial charge in [-0.15, -0.1) is 0 Å². The van der Waals surface area contributed by atoms with Gasteiger partial charge in [0.05, 0.1) is 15.9 Å². The molecule has 0 radical (unpaired) electrons. The van der Waals surface area contributed by atoms with Crippen LogP contribution in [0.15, 0.2) is 4.47 Å². The second-order valence-corrected chi connectivity index (χ2v) is 5.95. The van der Waals surface area contributed by atoms with Gasteiger partial charge < -0.3 is 5.32 Å². The summed E-state index contributed by atoms with van der Waals surface area (Å²) < 4.78 is 3.16. The lowest BCUT2D eigenvalue weighted by Crippen LogP contribution is -2.35. The molecule has 0 aliphatic rings. The molecule has 0 aliphatic heterocycles. The Bertz CT molecular complexity index is 371. The van der Waals surface area contributed by atoms with Crippen LogP contribution in [0, 0.1) is 18.8 Å². The van der Waals surface area contributed by atoms with E-state index in [-0.39, 0.29) is 0 Å². The molecule has 0 aliphatic carbocycles. The molecule has 17 heavy (non-hydrogen) atoms. The third-order valence-electron chi connectivity index (χ3n) is 3.64. The summed E-state index contributed by atoms with van der Waals surface area (Å²) in [4.78, 5) is 0. The minimum absolute atomic E-state index is 0.511. The van der Waals surface area contributed by atoms with Crippen molar-refractivity contribution in [2.45, 2.75) is 40.2 Å². The Hall–Kier alpha value is -0.350. The van der Waals surface area contributed by atoms with Crippen molar-refractivity contribution in [3.63, 3.8) is 0 Å². The van der Waals surface area contributed by atoms with Crippen LogP contribution >= 0.6 is 15.9 Å². The molecule has 0 spiro atoms. The molecule has 0 aromatic carbocycles. The molecule has 0 saturated heterocycles. The summed E-state index contributed by atoms with van der Waals surface area (Å²) >= 11 is 3.65. The second-order valence-electron chi connectivity index (χ2n) is 5.16. The predicted molar refractivity (Wildman–Crippen MR) is 76.2 cm³/mol. The number of nitrogens with zero attached hydrogens (tertiary/aromatic N) is 2. The molecule has 1 heterocycles. The fraction of sp³-hybridized carbons (Fsp3) is 0.769. The van der Waals surface area contributed by atoms with E-state index in [9.17, 15) is 0 Å². The van der Waals surface area contributed by atoms with E-state index in [1.165, 1.54) is 5.69 Å². The lowest BCUT2D eigenvalue weighted by Gasteiger charge is -2.27. The summed E-state index contributed by atoms with van der Waals surface area (Å²) in [5.74, 6) is 1.27. The topological polar surface area (TPSA) is 29.9 Å². The van der Waals surface area contributed by atoms with Gasteiger partial charge >= 0.3 is 0 Å². The fourth-order valence-electron chi connectivity index (χ4n) is 2.33. The van der Waals surface area contributed by atoms with Crippen molar-refractivity contribution in [3.05, 3.63) is 15.9 Å². The van der Waals surface area contributed by atoms with E-state index < -0.39 is 0 Å². The molecule has 0 bridgehead atoms. The normalized spacial score (nSPS) is 15.3. The maximum atomic E-state index is 4.46. The van der Waals surface area contributed by atoms with Crippen LogP contribution in [0.2, 0.25) is 0 Å². The molecule has 98 valence electrons. The van der Waals surface area contributed by atoms with Crippen LogP contribution in [0.3, 0.4) is 0 Å². The lowest BCUT2D eigenvalue weighted by atomic mass is 9.85. The molecule has 1 rings (SSSR count). The molecule has 0 amide bonds. The summed E-state index contributed by atoms with van der Waals surface area (Å²) in [5, 5.41) is 7.82. The summed E-state index contributed by atoms with van der Waals surface area (Å²) in [6.45, 7) is 8.87. The number of aromatic nitrogens is 2. The van der Waals surface area contributed by atoms with Crippen molar-refractivity contribution in [1.29, 1.82) is 0 Å². The SMILES string of the molecule is CNC(C)C(Cc1c(Br)c(C)nn1C)C(C)C. The molecule has 0 fully saturated rings. The van der Waals surface area contributed by atoms with E-state index in [2.05, 4.69) is 47.1 Å². The summed E-state index contributed by atoms with van der Waals surface area (Å²) in [5.41, 5.74) is 2.37. The first-order valence-electron chi connectivity index (χ1n) is 6.23. The highest BCUT2D eigenvalue weighted by molar-refractivity contribution is 9.10. The summed E-state index contributed by atoms with van der Waals surface area (Å²) in [6.07, 6.45) is 1.05. The van der Waals surface area contributed by atoms with E-state index in [0.29, 0.717) is 17.9 Å². The second kappa shape index (κ2) is 6.01. The number of hydrogen-bond acceptors (Lipinski definition) is 2. The van der Waals surface area contributed by atoms with Gasteiger partial charge in [0, 0.05) is 13.1 Å². The van der Waals surface area contributed by atoms with Gasteiger partial charge in [-0.25, -0.2) is 0 Å². The Balaban J connectivity index is 2.93. The Morgan fingerprint density at radius 2 is 1.94 bits per heavy atom. The van der Waals surface area contributed by atoms with Gasteiger partial charge in [-0.1, -0.05) is 13.8 Å². The third kappa shape index (κ3) is 3.32. The van der Waals surface area contributed by atoms with Crippen molar-refractivity contribution < 1.29 is 0 Å². The number of rotatable bonds is 5. The molecule has 2 atom stereocenters. The van der Waals surface area contributed by atoms with E-state index >= 15 is 0 Å². The molecule has 2 unspecified atom stereocenters. The van der Waals surface area contributed by atoms with E-state index in [0.717, 1.165) is 16.6 Å². The smallest absolute Gasteiger partial charge is 0.0738 e. The summed E-state index contributed by atoms with van der Waals surface area (Å²) in [7, 11) is 4.05. The average Bonchev–Trinajstić information content (AvgIpc) is 2.49. The monoisotopic (exact) mass is 301 g/mol. The number of aryl methyl sites for hydroxylation is 2. The molecule has 1 aromatic heterocycles. The zero-order chi connectivity index (χ0) is 13.2. The van der Waals surface area contributed by atoms with Crippen LogP contribution in [-0.4, -0.2) is 22.9 Å². The van der Waals surface area contributed by atoms with Crippen molar-refractivity contribution >= 4 is 15.9 Å². The first-order valence-corrected chi connectivity index (χ1v) is 7.03. The molecule has 3 nitrogen and oxygen atoms in total. The molecular weight excluding hydrogens is 278 g/mol. The molecule has 1 aromatic rings. The maximum absolute atomic E-state index is 4.46. The largest absolute Gasteiger partial charge is 0.317 e. The fourth-order valence-corrected chi connectivity index (χ4v) is 2.83. The standard InChI is InChI=1S/C13H24BrN3/c1-8(2)11(9(3)15-5)7-12-13(14)10(4)16-17(12)6/h8-9,11,15H,7H2,1-6H3. The van der Waals surface area contributed by atoms with E-state index in [1.807, 2.05) is 25.7 Å². The Morgan fingerprint density at radius 1 is 1.35 bits per heavy atom. The van der Waals surface area contributed by atoms with Gasteiger partial charge in [-0.3, -0.25) is 4.68 Å². The van der Waals surface area contributed by atoms with Gasteiger partial charge in [0.2, 0.25) is 0 Å². The highest BCUT2D eigenvalue weighted by Gasteiger charge is 2.23. The minimum atomic E-state index is 0.511. The van der Waals surface area contributed by atoms with E-state index in [1.54, 1.807) is 0 Å². The van der Waals surface area contributed by atoms with Crippen LogP contribution < -0.4 is 5.32 Å². The van der Waals surface area contributed by atoms with Crippen molar-refractivity contribution in [1.82, 2.24) is 15.1 Å². The zero-order valence-corrected chi connectivity index (χ0v) is 13.3. The van der Waals surface area contributed by atoms with Crippen LogP contribution in [-0.2, 0) is 13.5 Å². The first kappa shape index (κ1) is 14.7. The Kier molecular flexibility index (Phi) is 5.20. The van der Waals surface area contributed by atoms with Crippen molar-refractivity contribution in [2.75, 3.05) is 7.05 Å². The van der Waals surface area contributed by atoms with Crippen LogP contribution in [0.25, 0.3) is 0 Å². The maximum Gasteiger partial charge on any atom is 0.0738 e. The highest BCUT2D eigenvalue weighted by Crippen LogP contribution is 2.27. The van der Waals surface area contributed by atoms with Gasteiger partial charge in [0.15, 0.2) is 0 Å². The van der Waals surface area contributed by atoms with Crippen LogP contribution in [0.4, 0.5) is 0 Å². The van der Waals surface area contributed by atoms with Crippen molar-refractivity contribution in [2.24, 2.45) is 18.9 Å². The van der Waals surface area contributed by atoms with Crippen LogP contribution in [0.1, 0.15) is 32.2 Å². The van der Waals surface area contributed by atoms with Crippen molar-refractivity contribution in [3.8, 4) is 0 Å². The van der Waals surface area contributed by atoms with E-state index in [4.69, 9.17) is 0 Å². The van der Waals surface area contributed by atoms with Gasteiger partial charge in [-0.05, 0) is 55.1 Å². The quantitative estimate of drug-likeness (QED) is 0.906. The minimum Gasteiger partial charge on any atom is -0.317 e. The lowest BCUT2D eigenvalue weighted by molar-refractivity contribution is 0.294. The number of halogens is 1. The Labute approximate surface area is 113 Å². The molecule has 1 N–H and O–H groups in total. The third-order valence-corrected chi connectivity index (χ3v) is 4.68. The van der Waals surface area contributed by atoms with Gasteiger partial charge in [-0.2, -0.15) is 5.10 Å². The first-order chi connectivity index (χ1) is 7.88. The zero-order valence-electron chi connectivity index (χ0n) is 11.7. The molecular formula is C13H24BrN3. The highest BCUT2D eigenvalue weighted by atomic mass is 79.9. The molecule has 0 saturated carbocycles. The number of nitrogens with one attached hydrogen (secondary N) is 1. The molecule has 4 heteroatoms. The average molecular weight is 302 g/mol. The van der Waals surface area contributed by atoms with Gasteiger partial charge in [0.25, 0.3) is 0 Å². The summed E-state index contributed by atoms with van der Waals surface area (Å²) in [6, 6.07) is 0.511. The number of hydrogen-bond donors (Lipinski definition) is 1.